The van der Waals surface area contributed by atoms with Crippen molar-refractivity contribution >= 4 is 17.4 Å². The molecule has 0 bridgehead atoms. The van der Waals surface area contributed by atoms with Gasteiger partial charge in [0.15, 0.2) is 5.78 Å². The fourth-order valence-corrected chi connectivity index (χ4v) is 5.02. The molecule has 4 rings (SSSR count). The van der Waals surface area contributed by atoms with Crippen molar-refractivity contribution < 1.29 is 14.4 Å². The molecule has 0 spiro atoms. The number of likely N-dealkylation sites (N-methyl/N-ethyl adjacent to an activating group) is 1. The summed E-state index contributed by atoms with van der Waals surface area (Å²) in [4.78, 5) is 33.3. The molecule has 2 unspecified atom stereocenters. The minimum atomic E-state index is -0.968. The van der Waals surface area contributed by atoms with Gasteiger partial charge in [0.1, 0.15) is 0 Å². The lowest BCUT2D eigenvalue weighted by Crippen LogP contribution is -2.46. The smallest absolute Gasteiger partial charge is 0.269 e. The molecule has 2 aromatic rings. The molecular weight excluding hydrogens is 448 g/mol. The number of rotatable bonds is 12. The highest BCUT2D eigenvalue weighted by Crippen LogP contribution is 2.33. The van der Waals surface area contributed by atoms with E-state index in [-0.39, 0.29) is 11.7 Å². The third kappa shape index (κ3) is 6.13. The predicted octanol–water partition coefficient (Wildman–Crippen LogP) is 6.37. The van der Waals surface area contributed by atoms with Crippen molar-refractivity contribution in [3.63, 3.8) is 0 Å². The number of amides is 1. The highest BCUT2D eigenvalue weighted by Gasteiger charge is 2.46. The molecule has 5 heteroatoms. The third-order valence-corrected chi connectivity index (χ3v) is 7.45. The van der Waals surface area contributed by atoms with E-state index in [4.69, 9.17) is 4.84 Å². The van der Waals surface area contributed by atoms with Crippen molar-refractivity contribution in [3.8, 4) is 0 Å². The minimum Gasteiger partial charge on any atom is -0.379 e. The Morgan fingerprint density at radius 2 is 1.81 bits per heavy atom. The van der Waals surface area contributed by atoms with Gasteiger partial charge in [0.05, 0.1) is 5.71 Å². The highest BCUT2D eigenvalue weighted by atomic mass is 16.7. The topological polar surface area (TPSA) is 59.0 Å². The first kappa shape index (κ1) is 25.9. The van der Waals surface area contributed by atoms with Gasteiger partial charge in [0, 0.05) is 25.1 Å². The fourth-order valence-electron chi connectivity index (χ4n) is 5.02. The number of nitrogens with zero attached hydrogens (tertiary/aromatic N) is 2. The number of oxime groups is 1. The Morgan fingerprint density at radius 3 is 2.44 bits per heavy atom. The van der Waals surface area contributed by atoms with E-state index in [2.05, 4.69) is 42.9 Å². The zero-order chi connectivity index (χ0) is 25.7. The Bertz CT molecular complexity index is 1120. The summed E-state index contributed by atoms with van der Waals surface area (Å²) in [5, 5.41) is 4.22. The number of ketones is 1. The average Bonchev–Trinajstić information content (AvgIpc) is 3.67. The molecule has 2 aliphatic rings. The lowest BCUT2D eigenvalue weighted by Gasteiger charge is -2.26. The van der Waals surface area contributed by atoms with Gasteiger partial charge in [-0.25, -0.2) is 0 Å². The molecule has 0 aromatic heterocycles. The summed E-state index contributed by atoms with van der Waals surface area (Å²) in [6.07, 6.45) is 7.50. The molecule has 0 radical (unpaired) electrons. The van der Waals surface area contributed by atoms with Crippen LogP contribution in [0.4, 0.5) is 0 Å². The molecular formula is C31H38N2O3. The summed E-state index contributed by atoms with van der Waals surface area (Å²) in [6.45, 7) is 8.12. The van der Waals surface area contributed by atoms with Crippen LogP contribution in [0.15, 0.2) is 71.9 Å². The molecule has 0 saturated heterocycles. The summed E-state index contributed by atoms with van der Waals surface area (Å²) in [5.74, 6) is 0.508. The number of carbonyl (C=O) groups excluding carboxylic acids is 2. The van der Waals surface area contributed by atoms with Gasteiger partial charge in [0.2, 0.25) is 5.60 Å². The number of carbonyl (C=O) groups is 2. The van der Waals surface area contributed by atoms with E-state index in [0.29, 0.717) is 35.9 Å². The zero-order valence-electron chi connectivity index (χ0n) is 21.8. The van der Waals surface area contributed by atoms with Crippen LogP contribution in [0.2, 0.25) is 0 Å². The largest absolute Gasteiger partial charge is 0.379 e. The van der Waals surface area contributed by atoms with Crippen LogP contribution in [-0.2, 0) is 16.1 Å². The third-order valence-electron chi connectivity index (χ3n) is 7.45. The second kappa shape index (κ2) is 11.2. The molecule has 1 aliphatic carbocycles. The van der Waals surface area contributed by atoms with Gasteiger partial charge in [-0.3, -0.25) is 9.59 Å². The second-order valence-corrected chi connectivity index (χ2v) is 10.6. The lowest BCUT2D eigenvalue weighted by molar-refractivity contribution is -0.152. The molecule has 1 heterocycles. The van der Waals surface area contributed by atoms with Gasteiger partial charge in [-0.15, -0.1) is 0 Å². The molecule has 36 heavy (non-hydrogen) atoms. The average molecular weight is 487 g/mol. The highest BCUT2D eigenvalue weighted by molar-refractivity contribution is 6.09. The monoisotopic (exact) mass is 486 g/mol. The van der Waals surface area contributed by atoms with Crippen LogP contribution in [0.25, 0.3) is 0 Å². The van der Waals surface area contributed by atoms with Crippen LogP contribution in [0.1, 0.15) is 80.3 Å². The molecule has 2 atom stereocenters. The van der Waals surface area contributed by atoms with E-state index in [9.17, 15) is 9.59 Å². The predicted molar refractivity (Wildman–Crippen MR) is 144 cm³/mol. The number of allylic oxidation sites excluding steroid dienone is 1. The van der Waals surface area contributed by atoms with E-state index < -0.39 is 5.60 Å². The van der Waals surface area contributed by atoms with E-state index in [1.54, 1.807) is 11.8 Å². The summed E-state index contributed by atoms with van der Waals surface area (Å²) in [5.41, 5.74) is 3.26. The van der Waals surface area contributed by atoms with E-state index in [1.807, 2.05) is 37.4 Å². The van der Waals surface area contributed by atoms with Gasteiger partial charge < -0.3 is 9.74 Å². The molecule has 190 valence electrons. The summed E-state index contributed by atoms with van der Waals surface area (Å²) >= 11 is 0. The second-order valence-electron chi connectivity index (χ2n) is 10.6. The molecule has 1 saturated carbocycles. The Kier molecular flexibility index (Phi) is 8.07. The van der Waals surface area contributed by atoms with Crippen LogP contribution in [0, 0.1) is 5.92 Å². The van der Waals surface area contributed by atoms with Gasteiger partial charge in [-0.1, -0.05) is 86.1 Å². The standard InChI is InChI=1S/C31H38N2O3/c1-5-9-23(20-24-10-7-6-8-11-24)13-12-22(2)29(34)26-16-14-25(15-17-26)28-21-31(3,36-32-28)30(35)33(4)27-18-19-27/h6-8,10-11,14-17,23,27H,2,5,9,12-13,18-21H2,1,3-4H3. The SMILES string of the molecule is C=C(CCC(CCC)Cc1ccccc1)C(=O)c1ccc(C2=NOC(C)(C(=O)N(C)C3CC3)C2)cc1. The molecule has 1 amide bonds. The summed E-state index contributed by atoms with van der Waals surface area (Å²) in [6, 6.07) is 18.3. The van der Waals surface area contributed by atoms with E-state index in [1.165, 1.54) is 5.56 Å². The Morgan fingerprint density at radius 1 is 1.11 bits per heavy atom. The molecule has 1 aliphatic heterocycles. The van der Waals surface area contributed by atoms with Crippen molar-refractivity contribution in [2.24, 2.45) is 11.1 Å². The van der Waals surface area contributed by atoms with Crippen molar-refractivity contribution in [3.05, 3.63) is 83.4 Å². The van der Waals surface area contributed by atoms with Crippen molar-refractivity contribution in [1.29, 1.82) is 0 Å². The number of Topliss-reactive ketones (excluding diaryl/α,β-unsaturated/α-hetero) is 1. The number of hydrogen-bond donors (Lipinski definition) is 0. The Labute approximate surface area is 215 Å². The van der Waals surface area contributed by atoms with Gasteiger partial charge in [-0.2, -0.15) is 0 Å². The molecule has 1 fully saturated rings. The minimum absolute atomic E-state index is 0.00723. The van der Waals surface area contributed by atoms with Crippen molar-refractivity contribution in [2.45, 2.75) is 76.9 Å². The van der Waals surface area contributed by atoms with Gasteiger partial charge in [0.25, 0.3) is 5.91 Å². The number of benzene rings is 2. The quantitative estimate of drug-likeness (QED) is 0.259. The van der Waals surface area contributed by atoms with Crippen molar-refractivity contribution in [2.75, 3.05) is 7.05 Å². The van der Waals surface area contributed by atoms with Crippen LogP contribution >= 0.6 is 0 Å². The van der Waals surface area contributed by atoms with E-state index in [0.717, 1.165) is 49.8 Å². The van der Waals surface area contributed by atoms with Crippen LogP contribution in [0.5, 0.6) is 0 Å². The van der Waals surface area contributed by atoms with Crippen LogP contribution in [0.3, 0.4) is 0 Å². The normalized spacial score (nSPS) is 19.8. The summed E-state index contributed by atoms with van der Waals surface area (Å²) in [7, 11) is 1.84. The maximum absolute atomic E-state index is 13.0. The zero-order valence-corrected chi connectivity index (χ0v) is 21.8. The van der Waals surface area contributed by atoms with Crippen LogP contribution < -0.4 is 0 Å². The maximum atomic E-state index is 13.0. The molecule has 5 nitrogen and oxygen atoms in total. The molecule has 0 N–H and O–H groups in total. The lowest BCUT2D eigenvalue weighted by atomic mass is 9.88. The number of hydrogen-bond acceptors (Lipinski definition) is 4. The first-order valence-electron chi connectivity index (χ1n) is 13.2. The first-order chi connectivity index (χ1) is 17.3. The van der Waals surface area contributed by atoms with Gasteiger partial charge in [-0.05, 0) is 61.6 Å². The van der Waals surface area contributed by atoms with E-state index >= 15 is 0 Å². The Hall–Kier alpha value is -3.21. The first-order valence-corrected chi connectivity index (χ1v) is 13.2. The molecule has 2 aromatic carbocycles. The van der Waals surface area contributed by atoms with Gasteiger partial charge >= 0.3 is 0 Å². The fraction of sp³-hybridized carbons (Fsp3) is 0.452. The summed E-state index contributed by atoms with van der Waals surface area (Å²) < 4.78 is 0. The van der Waals surface area contributed by atoms with Crippen LogP contribution in [-0.4, -0.2) is 41.0 Å². The Balaban J connectivity index is 1.32. The maximum Gasteiger partial charge on any atom is 0.269 e. The van der Waals surface area contributed by atoms with Crippen molar-refractivity contribution in [1.82, 2.24) is 4.90 Å².